The molecule has 7 heteroatoms. The molecule has 3 aromatic rings. The standard InChI is InChI=1S/C28H28N4O3/c1-15-7-24(29)31-16(2)23(15)10-30-27(33)17-3-5-19-21(8-17)25-20-6-4-18(9-22(20)26(19)35-25)32-11-28(12-32)13-34-14-28/h3-9,25-26H,10-14H2,1-2H3,(H2,29,31)(H,30,33). The summed E-state index contributed by atoms with van der Waals surface area (Å²) in [4.78, 5) is 19.7. The number of anilines is 2. The summed E-state index contributed by atoms with van der Waals surface area (Å²) in [5.74, 6) is 0.395. The molecule has 2 atom stereocenters. The summed E-state index contributed by atoms with van der Waals surface area (Å²) in [5.41, 5.74) is 15.7. The van der Waals surface area contributed by atoms with Gasteiger partial charge in [0.2, 0.25) is 0 Å². The Morgan fingerprint density at radius 3 is 2.46 bits per heavy atom. The summed E-state index contributed by atoms with van der Waals surface area (Å²) in [6, 6.07) is 14.5. The van der Waals surface area contributed by atoms with Crippen molar-refractivity contribution in [2.75, 3.05) is 36.9 Å². The van der Waals surface area contributed by atoms with Crippen molar-refractivity contribution >= 4 is 17.4 Å². The predicted octanol–water partition coefficient (Wildman–Crippen LogP) is 3.57. The number of ether oxygens (including phenoxy) is 2. The normalized spacial score (nSPS) is 22.4. The Kier molecular flexibility index (Phi) is 4.36. The Morgan fingerprint density at radius 2 is 1.77 bits per heavy atom. The van der Waals surface area contributed by atoms with Crippen LogP contribution in [-0.4, -0.2) is 37.2 Å². The minimum Gasteiger partial charge on any atom is -0.384 e. The third-order valence-electron chi connectivity index (χ3n) is 8.06. The molecule has 0 aliphatic carbocycles. The molecule has 0 radical (unpaired) electrons. The van der Waals surface area contributed by atoms with Crippen LogP contribution in [0.25, 0.3) is 0 Å². The number of aryl methyl sites for hydroxylation is 2. The van der Waals surface area contributed by atoms with Gasteiger partial charge in [-0.05, 0) is 77.6 Å². The van der Waals surface area contributed by atoms with Crippen molar-refractivity contribution < 1.29 is 14.3 Å². The summed E-state index contributed by atoms with van der Waals surface area (Å²) >= 11 is 0. The molecule has 35 heavy (non-hydrogen) atoms. The molecule has 2 bridgehead atoms. The van der Waals surface area contributed by atoms with Gasteiger partial charge in [0.25, 0.3) is 5.91 Å². The molecule has 7 nitrogen and oxygen atoms in total. The number of nitrogen functional groups attached to an aromatic ring is 1. The second-order valence-electron chi connectivity index (χ2n) is 10.5. The second-order valence-corrected chi connectivity index (χ2v) is 10.5. The number of benzene rings is 2. The van der Waals surface area contributed by atoms with Crippen molar-refractivity contribution in [3.63, 3.8) is 0 Å². The monoisotopic (exact) mass is 468 g/mol. The number of hydrogen-bond acceptors (Lipinski definition) is 6. The Hall–Kier alpha value is -3.42. The molecule has 4 aliphatic rings. The molecule has 1 amide bonds. The fourth-order valence-electron chi connectivity index (χ4n) is 6.12. The molecular weight excluding hydrogens is 440 g/mol. The van der Waals surface area contributed by atoms with Gasteiger partial charge in [0.05, 0.1) is 18.6 Å². The number of fused-ring (bicyclic) bond motifs is 8. The zero-order valence-electron chi connectivity index (χ0n) is 19.9. The first kappa shape index (κ1) is 20.9. The minimum absolute atomic E-state index is 0.0597. The van der Waals surface area contributed by atoms with Gasteiger partial charge in [0.1, 0.15) is 18.0 Å². The largest absolute Gasteiger partial charge is 0.384 e. The average Bonchev–Trinajstić information content (AvgIpc) is 3.33. The van der Waals surface area contributed by atoms with Crippen LogP contribution in [0.3, 0.4) is 0 Å². The highest BCUT2D eigenvalue weighted by molar-refractivity contribution is 5.94. The van der Waals surface area contributed by atoms with Crippen LogP contribution >= 0.6 is 0 Å². The number of pyridine rings is 1. The lowest BCUT2D eigenvalue weighted by Crippen LogP contribution is -2.66. The molecule has 178 valence electrons. The molecular formula is C28H28N4O3. The van der Waals surface area contributed by atoms with E-state index in [0.29, 0.717) is 23.3 Å². The Balaban J connectivity index is 1.09. The molecule has 2 saturated heterocycles. The van der Waals surface area contributed by atoms with Crippen LogP contribution in [0.15, 0.2) is 42.5 Å². The number of hydrogen-bond donors (Lipinski definition) is 2. The fraction of sp³-hybridized carbons (Fsp3) is 0.357. The zero-order chi connectivity index (χ0) is 23.9. The lowest BCUT2D eigenvalue weighted by Gasteiger charge is -2.56. The Bertz CT molecular complexity index is 1370. The quantitative estimate of drug-likeness (QED) is 0.609. The Morgan fingerprint density at radius 1 is 1.06 bits per heavy atom. The van der Waals surface area contributed by atoms with E-state index in [4.69, 9.17) is 15.2 Å². The summed E-state index contributed by atoms with van der Waals surface area (Å²) in [5, 5.41) is 3.04. The third kappa shape index (κ3) is 3.11. The van der Waals surface area contributed by atoms with E-state index in [9.17, 15) is 4.79 Å². The van der Waals surface area contributed by atoms with Gasteiger partial charge in [0.15, 0.2) is 0 Å². The van der Waals surface area contributed by atoms with Crippen molar-refractivity contribution in [2.45, 2.75) is 32.6 Å². The topological polar surface area (TPSA) is 89.7 Å². The van der Waals surface area contributed by atoms with Crippen molar-refractivity contribution in [2.24, 2.45) is 5.41 Å². The number of carbonyl (C=O) groups excluding carboxylic acids is 1. The number of carbonyl (C=O) groups is 1. The lowest BCUT2D eigenvalue weighted by molar-refractivity contribution is -0.127. The van der Waals surface area contributed by atoms with Crippen molar-refractivity contribution in [1.29, 1.82) is 0 Å². The van der Waals surface area contributed by atoms with Gasteiger partial charge < -0.3 is 25.4 Å². The van der Waals surface area contributed by atoms with E-state index in [1.54, 1.807) is 0 Å². The Labute approximate surface area is 204 Å². The van der Waals surface area contributed by atoms with Crippen LogP contribution in [0.2, 0.25) is 0 Å². The van der Waals surface area contributed by atoms with Gasteiger partial charge in [-0.25, -0.2) is 4.98 Å². The first-order chi connectivity index (χ1) is 16.9. The van der Waals surface area contributed by atoms with E-state index in [1.165, 1.54) is 16.8 Å². The predicted molar refractivity (Wildman–Crippen MR) is 132 cm³/mol. The number of nitrogens with one attached hydrogen (secondary N) is 1. The number of nitrogens with zero attached hydrogens (tertiary/aromatic N) is 2. The molecule has 1 aromatic heterocycles. The van der Waals surface area contributed by atoms with Crippen LogP contribution in [0.1, 0.15) is 61.6 Å². The molecule has 4 aliphatic heterocycles. The van der Waals surface area contributed by atoms with Gasteiger partial charge in [-0.3, -0.25) is 4.79 Å². The molecule has 3 N–H and O–H groups in total. The average molecular weight is 469 g/mol. The van der Waals surface area contributed by atoms with E-state index in [2.05, 4.69) is 39.5 Å². The molecule has 7 rings (SSSR count). The van der Waals surface area contributed by atoms with Gasteiger partial charge in [0, 0.05) is 36.6 Å². The second kappa shape index (κ2) is 7.29. The van der Waals surface area contributed by atoms with Crippen LogP contribution in [0.5, 0.6) is 0 Å². The van der Waals surface area contributed by atoms with Crippen LogP contribution in [0, 0.1) is 19.3 Å². The highest BCUT2D eigenvalue weighted by Crippen LogP contribution is 2.55. The van der Waals surface area contributed by atoms with E-state index >= 15 is 0 Å². The van der Waals surface area contributed by atoms with E-state index in [0.717, 1.165) is 54.3 Å². The first-order valence-electron chi connectivity index (χ1n) is 12.2. The molecule has 2 unspecified atom stereocenters. The van der Waals surface area contributed by atoms with Crippen LogP contribution in [0.4, 0.5) is 11.5 Å². The number of rotatable bonds is 4. The van der Waals surface area contributed by atoms with Crippen LogP contribution < -0.4 is 16.0 Å². The number of amides is 1. The van der Waals surface area contributed by atoms with Crippen molar-refractivity contribution in [1.82, 2.24) is 10.3 Å². The third-order valence-corrected chi connectivity index (χ3v) is 8.06. The fourth-order valence-corrected chi connectivity index (χ4v) is 6.12. The molecule has 1 spiro atoms. The van der Waals surface area contributed by atoms with Gasteiger partial charge in [-0.2, -0.15) is 0 Å². The van der Waals surface area contributed by atoms with Crippen molar-refractivity contribution in [3.05, 3.63) is 87.1 Å². The van der Waals surface area contributed by atoms with Gasteiger partial charge in [-0.15, -0.1) is 0 Å². The zero-order valence-corrected chi connectivity index (χ0v) is 19.9. The molecule has 2 fully saturated rings. The van der Waals surface area contributed by atoms with E-state index in [-0.39, 0.29) is 18.1 Å². The number of aromatic nitrogens is 1. The van der Waals surface area contributed by atoms with Crippen LogP contribution in [-0.2, 0) is 16.0 Å². The molecule has 5 heterocycles. The number of nitrogens with two attached hydrogens (primary N) is 1. The highest BCUT2D eigenvalue weighted by atomic mass is 16.5. The van der Waals surface area contributed by atoms with Gasteiger partial charge in [-0.1, -0.05) is 12.1 Å². The van der Waals surface area contributed by atoms with Gasteiger partial charge >= 0.3 is 0 Å². The van der Waals surface area contributed by atoms with E-state index in [1.807, 2.05) is 32.0 Å². The summed E-state index contributed by atoms with van der Waals surface area (Å²) < 4.78 is 11.8. The minimum atomic E-state index is -0.111. The lowest BCUT2D eigenvalue weighted by atomic mass is 9.77. The SMILES string of the molecule is Cc1cc(N)nc(C)c1CNC(=O)c1ccc2c(c1)C1OC2c2cc(N3CC4(COC4)C3)ccc21. The summed E-state index contributed by atoms with van der Waals surface area (Å²) in [6.45, 7) is 8.24. The maximum atomic E-state index is 13.0. The van der Waals surface area contributed by atoms with Crippen molar-refractivity contribution in [3.8, 4) is 0 Å². The molecule has 2 aromatic carbocycles. The smallest absolute Gasteiger partial charge is 0.251 e. The maximum Gasteiger partial charge on any atom is 0.251 e. The molecule has 0 saturated carbocycles. The summed E-state index contributed by atoms with van der Waals surface area (Å²) in [6.07, 6.45) is -0.171. The highest BCUT2D eigenvalue weighted by Gasteiger charge is 2.50. The summed E-state index contributed by atoms with van der Waals surface area (Å²) in [7, 11) is 0. The maximum absolute atomic E-state index is 13.0. The van der Waals surface area contributed by atoms with E-state index < -0.39 is 0 Å². The first-order valence-corrected chi connectivity index (χ1v) is 12.2.